The van der Waals surface area contributed by atoms with Crippen LogP contribution in [0, 0.1) is 0 Å². The summed E-state index contributed by atoms with van der Waals surface area (Å²) in [5.41, 5.74) is 0. The predicted octanol–water partition coefficient (Wildman–Crippen LogP) is 0.374. The molecule has 0 bridgehead atoms. The Morgan fingerprint density at radius 3 is 1.87 bits per heavy atom. The second-order valence-electron chi connectivity index (χ2n) is 2.46. The first-order valence-corrected chi connectivity index (χ1v) is 4.10. The number of hydrogen-bond acceptors (Lipinski definition) is 7. The van der Waals surface area contributed by atoms with Gasteiger partial charge in [0.1, 0.15) is 0 Å². The van der Waals surface area contributed by atoms with E-state index >= 15 is 0 Å². The first-order chi connectivity index (χ1) is 6.71. The van der Waals surface area contributed by atoms with E-state index in [1.165, 1.54) is 5.06 Å². The normalized spacial score (nSPS) is 9.07. The van der Waals surface area contributed by atoms with Crippen molar-refractivity contribution >= 4 is 30.3 Å². The maximum atomic E-state index is 4.96. The van der Waals surface area contributed by atoms with Crippen LogP contribution in [0.4, 0.5) is 17.8 Å². The first kappa shape index (κ1) is 13.7. The molecular weight excluding hydrogens is 220 g/mol. The van der Waals surface area contributed by atoms with E-state index in [0.29, 0.717) is 17.8 Å². The lowest BCUT2D eigenvalue weighted by atomic mass is 10.8. The molecule has 8 heteroatoms. The molecule has 0 amide bonds. The lowest BCUT2D eigenvalue weighted by Gasteiger charge is -2.14. The summed E-state index contributed by atoms with van der Waals surface area (Å²) in [6, 6.07) is 0. The Bertz CT molecular complexity index is 287. The molecule has 0 aliphatic rings. The van der Waals surface area contributed by atoms with E-state index in [4.69, 9.17) is 4.84 Å². The van der Waals surface area contributed by atoms with E-state index in [0.717, 1.165) is 0 Å². The van der Waals surface area contributed by atoms with Crippen molar-refractivity contribution in [2.45, 2.75) is 0 Å². The van der Waals surface area contributed by atoms with Crippen LogP contribution in [0.15, 0.2) is 0 Å². The molecule has 1 rings (SSSR count). The smallest absolute Gasteiger partial charge is 0.256 e. The van der Waals surface area contributed by atoms with Gasteiger partial charge in [-0.3, -0.25) is 4.84 Å². The molecule has 15 heavy (non-hydrogen) atoms. The molecule has 0 aliphatic carbocycles. The minimum Gasteiger partial charge on any atom is -0.357 e. The highest BCUT2D eigenvalue weighted by Crippen LogP contribution is 2.11. The standard InChI is InChI=1S/C7H14N6O.ClH/c1-8-5-10-6(9-2)12-7(11-5)13(3)14-4;/h1-4H3,(H2,8,9,10,11,12);1H. The highest BCUT2D eigenvalue weighted by molar-refractivity contribution is 5.85. The zero-order chi connectivity index (χ0) is 10.6. The second-order valence-corrected chi connectivity index (χ2v) is 2.46. The lowest BCUT2D eigenvalue weighted by molar-refractivity contribution is 0.180. The van der Waals surface area contributed by atoms with Crippen LogP contribution in [0.25, 0.3) is 0 Å². The van der Waals surface area contributed by atoms with Gasteiger partial charge in [-0.25, -0.2) is 5.06 Å². The Morgan fingerprint density at radius 1 is 1.07 bits per heavy atom. The largest absolute Gasteiger partial charge is 0.357 e. The van der Waals surface area contributed by atoms with Gasteiger partial charge in [0.25, 0.3) is 5.95 Å². The van der Waals surface area contributed by atoms with Crippen molar-refractivity contribution in [3.8, 4) is 0 Å². The third-order valence-electron chi connectivity index (χ3n) is 1.63. The molecule has 0 unspecified atom stereocenters. The number of nitrogens with one attached hydrogen (secondary N) is 2. The monoisotopic (exact) mass is 234 g/mol. The van der Waals surface area contributed by atoms with Crippen molar-refractivity contribution in [1.82, 2.24) is 15.0 Å². The molecular formula is C7H15ClN6O. The van der Waals surface area contributed by atoms with Gasteiger partial charge in [0.15, 0.2) is 0 Å². The Hall–Kier alpha value is -1.34. The van der Waals surface area contributed by atoms with Gasteiger partial charge in [-0.1, -0.05) is 0 Å². The van der Waals surface area contributed by atoms with E-state index in [9.17, 15) is 0 Å². The lowest BCUT2D eigenvalue weighted by Crippen LogP contribution is -2.19. The van der Waals surface area contributed by atoms with Crippen LogP contribution < -0.4 is 15.7 Å². The molecule has 2 N–H and O–H groups in total. The van der Waals surface area contributed by atoms with Crippen LogP contribution in [-0.2, 0) is 4.84 Å². The number of nitrogens with zero attached hydrogens (tertiary/aromatic N) is 4. The van der Waals surface area contributed by atoms with Crippen molar-refractivity contribution < 1.29 is 4.84 Å². The van der Waals surface area contributed by atoms with Gasteiger partial charge in [0.2, 0.25) is 11.9 Å². The van der Waals surface area contributed by atoms with Crippen molar-refractivity contribution in [2.24, 2.45) is 0 Å². The van der Waals surface area contributed by atoms with Gasteiger partial charge in [-0.05, 0) is 0 Å². The number of halogens is 1. The van der Waals surface area contributed by atoms with Crippen LogP contribution in [0.3, 0.4) is 0 Å². The van der Waals surface area contributed by atoms with Gasteiger partial charge in [0, 0.05) is 21.1 Å². The third kappa shape index (κ3) is 3.37. The summed E-state index contributed by atoms with van der Waals surface area (Å²) >= 11 is 0. The number of anilines is 3. The fourth-order valence-corrected chi connectivity index (χ4v) is 0.811. The van der Waals surface area contributed by atoms with Crippen LogP contribution in [0.2, 0.25) is 0 Å². The summed E-state index contributed by atoms with van der Waals surface area (Å²) in [4.78, 5) is 17.2. The van der Waals surface area contributed by atoms with Gasteiger partial charge in [0.05, 0.1) is 7.11 Å². The molecule has 1 heterocycles. The molecule has 0 aromatic carbocycles. The number of hydroxylamine groups is 1. The third-order valence-corrected chi connectivity index (χ3v) is 1.63. The fourth-order valence-electron chi connectivity index (χ4n) is 0.811. The van der Waals surface area contributed by atoms with E-state index in [1.807, 2.05) is 0 Å². The highest BCUT2D eigenvalue weighted by atomic mass is 35.5. The molecule has 1 aromatic rings. The van der Waals surface area contributed by atoms with Crippen molar-refractivity contribution in [2.75, 3.05) is 43.9 Å². The molecule has 0 atom stereocenters. The molecule has 0 radical (unpaired) electrons. The highest BCUT2D eigenvalue weighted by Gasteiger charge is 2.07. The molecule has 0 fully saturated rings. The summed E-state index contributed by atoms with van der Waals surface area (Å²) in [5.74, 6) is 1.42. The zero-order valence-corrected chi connectivity index (χ0v) is 9.92. The zero-order valence-electron chi connectivity index (χ0n) is 9.11. The van der Waals surface area contributed by atoms with Crippen LogP contribution in [0.1, 0.15) is 0 Å². The average molecular weight is 235 g/mol. The van der Waals surface area contributed by atoms with Gasteiger partial charge in [-0.2, -0.15) is 15.0 Å². The fraction of sp³-hybridized carbons (Fsp3) is 0.571. The second kappa shape index (κ2) is 6.20. The predicted molar refractivity (Wildman–Crippen MR) is 61.6 cm³/mol. The Morgan fingerprint density at radius 2 is 1.53 bits per heavy atom. The molecule has 0 saturated heterocycles. The average Bonchev–Trinajstić information content (AvgIpc) is 2.27. The minimum absolute atomic E-state index is 0. The number of aromatic nitrogens is 3. The van der Waals surface area contributed by atoms with E-state index < -0.39 is 0 Å². The van der Waals surface area contributed by atoms with E-state index in [1.54, 1.807) is 28.3 Å². The van der Waals surface area contributed by atoms with Crippen LogP contribution >= 0.6 is 12.4 Å². The summed E-state index contributed by atoms with van der Waals surface area (Å²) in [6.45, 7) is 0. The summed E-state index contributed by atoms with van der Waals surface area (Å²) in [6.07, 6.45) is 0. The molecule has 1 aromatic heterocycles. The molecule has 0 aliphatic heterocycles. The van der Waals surface area contributed by atoms with Crippen molar-refractivity contribution in [3.05, 3.63) is 0 Å². The summed E-state index contributed by atoms with van der Waals surface area (Å²) in [7, 11) is 6.74. The Balaban J connectivity index is 0.00000196. The molecule has 86 valence electrons. The molecule has 0 saturated carbocycles. The summed E-state index contributed by atoms with van der Waals surface area (Å²) < 4.78 is 0. The van der Waals surface area contributed by atoms with E-state index in [2.05, 4.69) is 25.6 Å². The SMILES string of the molecule is CNc1nc(NC)nc(N(C)OC)n1.Cl. The minimum atomic E-state index is 0. The maximum Gasteiger partial charge on any atom is 0.256 e. The van der Waals surface area contributed by atoms with Crippen LogP contribution in [0.5, 0.6) is 0 Å². The topological polar surface area (TPSA) is 75.2 Å². The molecule has 0 spiro atoms. The van der Waals surface area contributed by atoms with Crippen LogP contribution in [-0.4, -0.2) is 43.2 Å². The van der Waals surface area contributed by atoms with Gasteiger partial charge >= 0.3 is 0 Å². The first-order valence-electron chi connectivity index (χ1n) is 4.10. The van der Waals surface area contributed by atoms with Gasteiger partial charge < -0.3 is 10.6 Å². The quantitative estimate of drug-likeness (QED) is 0.730. The van der Waals surface area contributed by atoms with Crippen molar-refractivity contribution in [3.63, 3.8) is 0 Å². The number of rotatable bonds is 4. The maximum absolute atomic E-state index is 4.96. The Labute approximate surface area is 94.6 Å². The summed E-state index contributed by atoms with van der Waals surface area (Å²) in [5, 5.41) is 7.12. The van der Waals surface area contributed by atoms with Crippen molar-refractivity contribution in [1.29, 1.82) is 0 Å². The Kier molecular flexibility index (Phi) is 5.65. The molecule has 7 nitrogen and oxygen atoms in total. The number of hydrogen-bond donors (Lipinski definition) is 2. The van der Waals surface area contributed by atoms with E-state index in [-0.39, 0.29) is 12.4 Å². The van der Waals surface area contributed by atoms with Gasteiger partial charge in [-0.15, -0.1) is 12.4 Å².